The van der Waals surface area contributed by atoms with E-state index < -0.39 is 0 Å². The van der Waals surface area contributed by atoms with E-state index in [-0.39, 0.29) is 0 Å². The lowest BCUT2D eigenvalue weighted by Gasteiger charge is -2.23. The van der Waals surface area contributed by atoms with E-state index in [0.717, 1.165) is 17.2 Å². The summed E-state index contributed by atoms with van der Waals surface area (Å²) in [6.07, 6.45) is 0.727. The number of thiazole rings is 1. The molecule has 1 unspecified atom stereocenters. The highest BCUT2D eigenvalue weighted by Gasteiger charge is 2.13. The first-order valence-corrected chi connectivity index (χ1v) is 5.72. The highest BCUT2D eigenvalue weighted by molar-refractivity contribution is 7.80. The summed E-state index contributed by atoms with van der Waals surface area (Å²) in [5.74, 6) is 0. The van der Waals surface area contributed by atoms with Crippen LogP contribution >= 0.6 is 23.6 Å². The standard InChI is InChI=1S/C9H15N3S2/c1-6-5-14-9(11-6)12(3)7(2)4-8(10)13/h5,7H,4H2,1-3H3,(H2,10,13). The molecular weight excluding hydrogens is 214 g/mol. The number of hydrogen-bond acceptors (Lipinski definition) is 4. The number of hydrogen-bond donors (Lipinski definition) is 1. The van der Waals surface area contributed by atoms with Crippen LogP contribution in [0.4, 0.5) is 5.13 Å². The van der Waals surface area contributed by atoms with Gasteiger partial charge in [0.25, 0.3) is 0 Å². The maximum absolute atomic E-state index is 5.50. The molecule has 0 bridgehead atoms. The van der Waals surface area contributed by atoms with E-state index in [1.165, 1.54) is 0 Å². The molecule has 0 aromatic carbocycles. The Kier molecular flexibility index (Phi) is 3.83. The molecule has 1 heterocycles. The van der Waals surface area contributed by atoms with Crippen LogP contribution in [-0.2, 0) is 0 Å². The molecule has 0 saturated heterocycles. The van der Waals surface area contributed by atoms with Gasteiger partial charge in [-0.25, -0.2) is 4.98 Å². The Labute approximate surface area is 93.9 Å². The summed E-state index contributed by atoms with van der Waals surface area (Å²) < 4.78 is 0. The minimum absolute atomic E-state index is 0.304. The molecule has 1 atom stereocenters. The second-order valence-corrected chi connectivity index (χ2v) is 4.76. The fraction of sp³-hybridized carbons (Fsp3) is 0.556. The van der Waals surface area contributed by atoms with Crippen molar-refractivity contribution in [2.45, 2.75) is 26.3 Å². The van der Waals surface area contributed by atoms with Crippen LogP contribution < -0.4 is 10.6 Å². The lowest BCUT2D eigenvalue weighted by molar-refractivity contribution is 0.711. The van der Waals surface area contributed by atoms with Crippen LogP contribution in [0.15, 0.2) is 5.38 Å². The Balaban J connectivity index is 2.65. The topological polar surface area (TPSA) is 42.1 Å². The van der Waals surface area contributed by atoms with E-state index in [1.54, 1.807) is 11.3 Å². The van der Waals surface area contributed by atoms with Crippen LogP contribution in [0.3, 0.4) is 0 Å². The number of rotatable bonds is 4. The second-order valence-electron chi connectivity index (χ2n) is 3.40. The number of anilines is 1. The molecular formula is C9H15N3S2. The minimum atomic E-state index is 0.304. The van der Waals surface area contributed by atoms with Crippen molar-refractivity contribution in [1.82, 2.24) is 4.98 Å². The van der Waals surface area contributed by atoms with Crippen LogP contribution in [0.5, 0.6) is 0 Å². The van der Waals surface area contributed by atoms with Gasteiger partial charge in [0, 0.05) is 24.9 Å². The maximum Gasteiger partial charge on any atom is 0.185 e. The first-order chi connectivity index (χ1) is 6.50. The van der Waals surface area contributed by atoms with E-state index in [2.05, 4.69) is 16.8 Å². The summed E-state index contributed by atoms with van der Waals surface area (Å²) in [6, 6.07) is 0.304. The monoisotopic (exact) mass is 229 g/mol. The van der Waals surface area contributed by atoms with Crippen LogP contribution in [0, 0.1) is 6.92 Å². The highest BCUT2D eigenvalue weighted by Crippen LogP contribution is 2.21. The van der Waals surface area contributed by atoms with E-state index in [9.17, 15) is 0 Å². The lowest BCUT2D eigenvalue weighted by atomic mass is 10.2. The van der Waals surface area contributed by atoms with Gasteiger partial charge in [0.05, 0.1) is 10.7 Å². The van der Waals surface area contributed by atoms with Gasteiger partial charge in [-0.2, -0.15) is 0 Å². The lowest BCUT2D eigenvalue weighted by Crippen LogP contribution is -2.32. The van der Waals surface area contributed by atoms with Crippen molar-refractivity contribution in [3.05, 3.63) is 11.1 Å². The van der Waals surface area contributed by atoms with Crippen molar-refractivity contribution < 1.29 is 0 Å². The zero-order chi connectivity index (χ0) is 10.7. The Hall–Kier alpha value is -0.680. The van der Waals surface area contributed by atoms with Crippen molar-refractivity contribution in [2.24, 2.45) is 5.73 Å². The summed E-state index contributed by atoms with van der Waals surface area (Å²) >= 11 is 6.52. The van der Waals surface area contributed by atoms with Crippen molar-refractivity contribution in [2.75, 3.05) is 11.9 Å². The van der Waals surface area contributed by atoms with Gasteiger partial charge in [0.2, 0.25) is 0 Å². The average molecular weight is 229 g/mol. The first-order valence-electron chi connectivity index (χ1n) is 4.44. The number of nitrogens with zero attached hydrogens (tertiary/aromatic N) is 2. The quantitative estimate of drug-likeness (QED) is 0.801. The molecule has 0 saturated carbocycles. The second kappa shape index (κ2) is 4.70. The zero-order valence-electron chi connectivity index (χ0n) is 8.65. The summed E-state index contributed by atoms with van der Waals surface area (Å²) in [5, 5.41) is 3.06. The van der Waals surface area contributed by atoms with E-state index >= 15 is 0 Å². The van der Waals surface area contributed by atoms with Gasteiger partial charge in [-0.1, -0.05) is 12.2 Å². The Morgan fingerprint density at radius 3 is 2.86 bits per heavy atom. The molecule has 0 spiro atoms. The van der Waals surface area contributed by atoms with Crippen LogP contribution in [-0.4, -0.2) is 23.1 Å². The molecule has 1 aromatic rings. The molecule has 1 aromatic heterocycles. The maximum atomic E-state index is 5.50. The van der Waals surface area contributed by atoms with Gasteiger partial charge in [-0.3, -0.25) is 0 Å². The van der Waals surface area contributed by atoms with Crippen LogP contribution in [0.2, 0.25) is 0 Å². The molecule has 3 nitrogen and oxygen atoms in total. The number of thiocarbonyl (C=S) groups is 1. The highest BCUT2D eigenvalue weighted by atomic mass is 32.1. The Morgan fingerprint density at radius 1 is 1.79 bits per heavy atom. The molecule has 78 valence electrons. The molecule has 14 heavy (non-hydrogen) atoms. The Bertz CT molecular complexity index is 322. The van der Waals surface area contributed by atoms with E-state index in [4.69, 9.17) is 18.0 Å². The molecule has 0 aliphatic heterocycles. The van der Waals surface area contributed by atoms with Gasteiger partial charge in [-0.15, -0.1) is 11.3 Å². The minimum Gasteiger partial charge on any atom is -0.393 e. The van der Waals surface area contributed by atoms with Gasteiger partial charge in [0.1, 0.15) is 0 Å². The normalized spacial score (nSPS) is 12.5. The number of aromatic nitrogens is 1. The zero-order valence-corrected chi connectivity index (χ0v) is 10.3. The summed E-state index contributed by atoms with van der Waals surface area (Å²) in [7, 11) is 2.02. The van der Waals surface area contributed by atoms with Gasteiger partial charge in [0.15, 0.2) is 5.13 Å². The first kappa shape index (κ1) is 11.4. The summed E-state index contributed by atoms with van der Waals surface area (Å²) in [6.45, 7) is 4.09. The largest absolute Gasteiger partial charge is 0.393 e. The third-order valence-corrected chi connectivity index (χ3v) is 3.28. The average Bonchev–Trinajstić information content (AvgIpc) is 2.49. The predicted octanol–water partition coefficient (Wildman–Crippen LogP) is 1.95. The molecule has 0 fully saturated rings. The molecule has 0 aliphatic rings. The molecule has 5 heteroatoms. The van der Waals surface area contributed by atoms with Crippen molar-refractivity contribution in [3.63, 3.8) is 0 Å². The SMILES string of the molecule is Cc1csc(N(C)C(C)CC(N)=S)n1. The summed E-state index contributed by atoms with van der Waals surface area (Å²) in [5.41, 5.74) is 6.56. The smallest absolute Gasteiger partial charge is 0.185 e. The molecule has 0 radical (unpaired) electrons. The molecule has 0 amide bonds. The van der Waals surface area contributed by atoms with Crippen molar-refractivity contribution >= 4 is 33.7 Å². The van der Waals surface area contributed by atoms with Crippen LogP contribution in [0.25, 0.3) is 0 Å². The van der Waals surface area contributed by atoms with Crippen molar-refractivity contribution in [3.8, 4) is 0 Å². The fourth-order valence-electron chi connectivity index (χ4n) is 1.12. The summed E-state index contributed by atoms with van der Waals surface area (Å²) in [4.78, 5) is 7.06. The van der Waals surface area contributed by atoms with Gasteiger partial charge < -0.3 is 10.6 Å². The fourth-order valence-corrected chi connectivity index (χ4v) is 2.23. The molecule has 0 aliphatic carbocycles. The van der Waals surface area contributed by atoms with Gasteiger partial charge >= 0.3 is 0 Å². The Morgan fingerprint density at radius 2 is 2.43 bits per heavy atom. The predicted molar refractivity (Wildman–Crippen MR) is 66.1 cm³/mol. The van der Waals surface area contributed by atoms with E-state index in [1.807, 2.05) is 19.4 Å². The van der Waals surface area contributed by atoms with E-state index in [0.29, 0.717) is 11.0 Å². The van der Waals surface area contributed by atoms with Crippen LogP contribution in [0.1, 0.15) is 19.0 Å². The third-order valence-electron chi connectivity index (χ3n) is 2.07. The molecule has 2 N–H and O–H groups in total. The number of nitrogens with two attached hydrogens (primary N) is 1. The van der Waals surface area contributed by atoms with Gasteiger partial charge in [-0.05, 0) is 13.8 Å². The number of aryl methyl sites for hydroxylation is 1. The molecule has 1 rings (SSSR count). The van der Waals surface area contributed by atoms with Crippen molar-refractivity contribution in [1.29, 1.82) is 0 Å². The third kappa shape index (κ3) is 2.92.